The Balaban J connectivity index is 1.25. The van der Waals surface area contributed by atoms with Crippen LogP contribution in [0.3, 0.4) is 0 Å². The molecule has 0 bridgehead atoms. The molecule has 3 nitrogen and oxygen atoms in total. The van der Waals surface area contributed by atoms with Gasteiger partial charge in [-0.15, -0.1) is 0 Å². The number of ether oxygens (including phenoxy) is 1. The number of piperidine rings is 1. The molecular weight excluding hydrogens is 522 g/mol. The first-order chi connectivity index (χ1) is 17.8. The standard InChI is InChI=1S/C33H46BrNO2/c1-22(36)37-31-24(19-23-7-10-26(34)11-8-23)20-30-28-12-9-25-21-27(35-17-5-4-6-18-35)13-15-32(25,2)29(28)14-16-33(30,31)3/h7-8,10-11,19,25,27-31H,4-6,9,12-18,20-21H2,1-3H3/b24-19+/t25-,27-,28+,29-,30-,31-,32-,33-/m0/s1. The largest absolute Gasteiger partial charge is 0.457 e. The molecule has 5 fully saturated rings. The molecule has 0 aromatic heterocycles. The lowest BCUT2D eigenvalue weighted by Gasteiger charge is -2.61. The van der Waals surface area contributed by atoms with Gasteiger partial charge < -0.3 is 9.64 Å². The van der Waals surface area contributed by atoms with Gasteiger partial charge in [0.2, 0.25) is 0 Å². The second kappa shape index (κ2) is 10.1. The molecule has 37 heavy (non-hydrogen) atoms. The van der Waals surface area contributed by atoms with E-state index < -0.39 is 0 Å². The quantitative estimate of drug-likeness (QED) is 0.344. The third-order valence-electron chi connectivity index (χ3n) is 11.9. The molecule has 202 valence electrons. The van der Waals surface area contributed by atoms with Crippen LogP contribution in [0.4, 0.5) is 0 Å². The van der Waals surface area contributed by atoms with E-state index in [4.69, 9.17) is 4.74 Å². The van der Waals surface area contributed by atoms with Gasteiger partial charge in [0.1, 0.15) is 6.10 Å². The van der Waals surface area contributed by atoms with Gasteiger partial charge in [-0.2, -0.15) is 0 Å². The topological polar surface area (TPSA) is 29.5 Å². The minimum Gasteiger partial charge on any atom is -0.457 e. The monoisotopic (exact) mass is 567 g/mol. The number of esters is 1. The molecule has 4 heteroatoms. The molecule has 1 aromatic rings. The normalized spacial score (nSPS) is 43.1. The Kier molecular flexibility index (Phi) is 7.14. The third kappa shape index (κ3) is 4.66. The molecule has 4 saturated carbocycles. The van der Waals surface area contributed by atoms with Crippen LogP contribution < -0.4 is 0 Å². The van der Waals surface area contributed by atoms with Gasteiger partial charge in [-0.25, -0.2) is 0 Å². The molecule has 8 atom stereocenters. The second-order valence-corrected chi connectivity index (χ2v) is 14.6. The van der Waals surface area contributed by atoms with Crippen LogP contribution in [0.5, 0.6) is 0 Å². The van der Waals surface area contributed by atoms with Crippen molar-refractivity contribution in [1.29, 1.82) is 0 Å². The number of carbonyl (C=O) groups excluding carboxylic acids is 1. The van der Waals surface area contributed by atoms with Crippen molar-refractivity contribution in [3.05, 3.63) is 39.9 Å². The molecule has 5 aliphatic rings. The number of fused-ring (bicyclic) bond motifs is 5. The highest BCUT2D eigenvalue weighted by Gasteiger charge is 2.62. The summed E-state index contributed by atoms with van der Waals surface area (Å²) in [6, 6.07) is 9.39. The van der Waals surface area contributed by atoms with Crippen LogP contribution in [0.15, 0.2) is 34.3 Å². The van der Waals surface area contributed by atoms with Crippen LogP contribution in [-0.2, 0) is 9.53 Å². The van der Waals surface area contributed by atoms with E-state index in [0.29, 0.717) is 11.3 Å². The summed E-state index contributed by atoms with van der Waals surface area (Å²) in [5.74, 6) is 2.97. The number of benzene rings is 1. The first kappa shape index (κ1) is 26.1. The van der Waals surface area contributed by atoms with Crippen molar-refractivity contribution >= 4 is 28.0 Å². The number of nitrogens with zero attached hydrogens (tertiary/aromatic N) is 1. The van der Waals surface area contributed by atoms with Crippen molar-refractivity contribution < 1.29 is 9.53 Å². The highest BCUT2D eigenvalue weighted by Crippen LogP contribution is 2.67. The van der Waals surface area contributed by atoms with E-state index in [-0.39, 0.29) is 17.5 Å². The predicted molar refractivity (Wildman–Crippen MR) is 154 cm³/mol. The number of hydrogen-bond acceptors (Lipinski definition) is 3. The van der Waals surface area contributed by atoms with E-state index in [1.807, 2.05) is 0 Å². The zero-order chi connectivity index (χ0) is 25.8. The van der Waals surface area contributed by atoms with E-state index in [0.717, 1.165) is 34.7 Å². The number of halogens is 1. The number of rotatable bonds is 3. The summed E-state index contributed by atoms with van der Waals surface area (Å²) in [6.45, 7) is 9.40. The smallest absolute Gasteiger partial charge is 0.303 e. The predicted octanol–water partition coefficient (Wildman–Crippen LogP) is 8.27. The summed E-state index contributed by atoms with van der Waals surface area (Å²) in [6.07, 6.45) is 17.1. The fraction of sp³-hybridized carbons (Fsp3) is 0.727. The van der Waals surface area contributed by atoms with Gasteiger partial charge in [0.05, 0.1) is 0 Å². The maximum Gasteiger partial charge on any atom is 0.303 e. The third-order valence-corrected chi connectivity index (χ3v) is 12.4. The Morgan fingerprint density at radius 1 is 0.973 bits per heavy atom. The minimum atomic E-state index is -0.137. The van der Waals surface area contributed by atoms with Crippen LogP contribution >= 0.6 is 15.9 Å². The van der Waals surface area contributed by atoms with Crippen molar-refractivity contribution in [2.24, 2.45) is 34.5 Å². The van der Waals surface area contributed by atoms with Crippen LogP contribution in [0.1, 0.15) is 97.0 Å². The SMILES string of the molecule is CC(=O)O[C@H]1/C(=C/c2ccc(Br)cc2)C[C@H]2[C@@H]3CC[C@H]4C[C@@H](N5CCCCC5)CC[C@]4(C)[C@H]3CC[C@]12C. The molecule has 1 saturated heterocycles. The first-order valence-electron chi connectivity index (χ1n) is 15.2. The average Bonchev–Trinajstić information content (AvgIpc) is 3.16. The second-order valence-electron chi connectivity index (χ2n) is 13.7. The van der Waals surface area contributed by atoms with Crippen LogP contribution in [0, 0.1) is 34.5 Å². The molecule has 0 spiro atoms. The van der Waals surface area contributed by atoms with Crippen molar-refractivity contribution in [3.63, 3.8) is 0 Å². The summed E-state index contributed by atoms with van der Waals surface area (Å²) in [5, 5.41) is 0. The van der Waals surface area contributed by atoms with E-state index in [9.17, 15) is 4.79 Å². The van der Waals surface area contributed by atoms with Crippen molar-refractivity contribution in [2.75, 3.05) is 13.1 Å². The van der Waals surface area contributed by atoms with Gasteiger partial charge in [0, 0.05) is 22.9 Å². The van der Waals surface area contributed by atoms with Crippen LogP contribution in [0.2, 0.25) is 0 Å². The van der Waals surface area contributed by atoms with E-state index in [2.05, 4.69) is 65.0 Å². The molecule has 1 heterocycles. The maximum atomic E-state index is 12.3. The Hall–Kier alpha value is -1.13. The minimum absolute atomic E-state index is 0.0578. The van der Waals surface area contributed by atoms with Gasteiger partial charge in [0.25, 0.3) is 0 Å². The van der Waals surface area contributed by atoms with Gasteiger partial charge in [-0.05, 0) is 130 Å². The van der Waals surface area contributed by atoms with Gasteiger partial charge in [-0.3, -0.25) is 4.79 Å². The lowest BCUT2D eigenvalue weighted by Crippen LogP contribution is -2.56. The molecule has 1 aromatic carbocycles. The number of likely N-dealkylation sites (tertiary alicyclic amines) is 1. The van der Waals surface area contributed by atoms with Crippen molar-refractivity contribution in [1.82, 2.24) is 4.90 Å². The van der Waals surface area contributed by atoms with Gasteiger partial charge >= 0.3 is 5.97 Å². The van der Waals surface area contributed by atoms with Gasteiger partial charge in [-0.1, -0.05) is 54.4 Å². The highest BCUT2D eigenvalue weighted by atomic mass is 79.9. The maximum absolute atomic E-state index is 12.3. The average molecular weight is 569 g/mol. The van der Waals surface area contributed by atoms with Crippen molar-refractivity contribution in [2.45, 2.75) is 104 Å². The van der Waals surface area contributed by atoms with Gasteiger partial charge in [0.15, 0.2) is 0 Å². The first-order valence-corrected chi connectivity index (χ1v) is 15.9. The van der Waals surface area contributed by atoms with Crippen LogP contribution in [0.25, 0.3) is 6.08 Å². The summed E-state index contributed by atoms with van der Waals surface area (Å²) < 4.78 is 7.26. The summed E-state index contributed by atoms with van der Waals surface area (Å²) in [4.78, 5) is 15.1. The Morgan fingerprint density at radius 3 is 2.43 bits per heavy atom. The molecule has 0 amide bonds. The Morgan fingerprint density at radius 2 is 1.70 bits per heavy atom. The molecular formula is C33H46BrNO2. The van der Waals surface area contributed by atoms with Crippen molar-refractivity contribution in [3.8, 4) is 0 Å². The molecule has 1 aliphatic heterocycles. The number of carbonyl (C=O) groups is 1. The lowest BCUT2D eigenvalue weighted by molar-refractivity contribution is -0.160. The summed E-state index contributed by atoms with van der Waals surface area (Å²) in [7, 11) is 0. The lowest BCUT2D eigenvalue weighted by atomic mass is 9.45. The van der Waals surface area contributed by atoms with Crippen LogP contribution in [-0.4, -0.2) is 36.1 Å². The Bertz CT molecular complexity index is 1030. The fourth-order valence-electron chi connectivity index (χ4n) is 9.98. The highest BCUT2D eigenvalue weighted by molar-refractivity contribution is 9.10. The van der Waals surface area contributed by atoms with E-state index in [1.54, 1.807) is 6.92 Å². The molecule has 6 rings (SSSR count). The van der Waals surface area contributed by atoms with E-state index >= 15 is 0 Å². The summed E-state index contributed by atoms with van der Waals surface area (Å²) >= 11 is 3.57. The zero-order valence-electron chi connectivity index (χ0n) is 23.2. The Labute approximate surface area is 232 Å². The zero-order valence-corrected chi connectivity index (χ0v) is 24.8. The molecule has 0 radical (unpaired) electrons. The molecule has 0 unspecified atom stereocenters. The summed E-state index contributed by atoms with van der Waals surface area (Å²) in [5.41, 5.74) is 3.10. The fourth-order valence-corrected chi connectivity index (χ4v) is 10.2. The van der Waals surface area contributed by atoms with E-state index in [1.165, 1.54) is 88.4 Å². The molecule has 0 N–H and O–H groups in total. The number of hydrogen-bond donors (Lipinski definition) is 0. The molecule has 4 aliphatic carbocycles.